The maximum Gasteiger partial charge on any atom is 0.339 e. The number of carbonyl (C=O) groups is 3. The zero-order valence-corrected chi connectivity index (χ0v) is 16.2. The van der Waals surface area contributed by atoms with Crippen molar-refractivity contribution in [2.45, 2.75) is 38.3 Å². The van der Waals surface area contributed by atoms with Crippen LogP contribution < -0.4 is 5.32 Å². The fourth-order valence-electron chi connectivity index (χ4n) is 3.83. The zero-order chi connectivity index (χ0) is 20.2. The van der Waals surface area contributed by atoms with Gasteiger partial charge < -0.3 is 15.0 Å². The van der Waals surface area contributed by atoms with Gasteiger partial charge in [-0.2, -0.15) is 0 Å². The first-order chi connectivity index (χ1) is 14.1. The fourth-order valence-corrected chi connectivity index (χ4v) is 3.83. The summed E-state index contributed by atoms with van der Waals surface area (Å²) in [6.45, 7) is 1.95. The van der Waals surface area contributed by atoms with Gasteiger partial charge in [0.1, 0.15) is 0 Å². The summed E-state index contributed by atoms with van der Waals surface area (Å²) in [5, 5.41) is 2.82. The summed E-state index contributed by atoms with van der Waals surface area (Å²) in [5.41, 5.74) is 2.89. The minimum Gasteiger partial charge on any atom is -0.448 e. The predicted molar refractivity (Wildman–Crippen MR) is 107 cm³/mol. The first kappa shape index (κ1) is 19.2. The molecule has 0 radical (unpaired) electrons. The molecule has 2 aliphatic heterocycles. The molecule has 4 rings (SSSR count). The number of hydrogen-bond donors (Lipinski definition) is 1. The molecule has 0 aromatic heterocycles. The second-order valence-electron chi connectivity index (χ2n) is 7.52. The van der Waals surface area contributed by atoms with Crippen LogP contribution in [-0.2, 0) is 22.5 Å². The number of amides is 2. The van der Waals surface area contributed by atoms with E-state index in [0.29, 0.717) is 24.1 Å². The highest BCUT2D eigenvalue weighted by atomic mass is 16.5. The van der Waals surface area contributed by atoms with E-state index in [4.69, 9.17) is 4.74 Å². The summed E-state index contributed by atoms with van der Waals surface area (Å²) in [5.74, 6) is -0.720. The zero-order valence-electron chi connectivity index (χ0n) is 16.2. The van der Waals surface area contributed by atoms with Gasteiger partial charge >= 0.3 is 5.97 Å². The number of benzene rings is 2. The van der Waals surface area contributed by atoms with Crippen molar-refractivity contribution in [3.05, 3.63) is 70.8 Å². The molecule has 1 atom stereocenters. The lowest BCUT2D eigenvalue weighted by Gasteiger charge is -2.26. The maximum absolute atomic E-state index is 12.5. The highest BCUT2D eigenvalue weighted by molar-refractivity contribution is 5.96. The van der Waals surface area contributed by atoms with E-state index < -0.39 is 12.1 Å². The van der Waals surface area contributed by atoms with Crippen molar-refractivity contribution in [3.63, 3.8) is 0 Å². The van der Waals surface area contributed by atoms with Crippen molar-refractivity contribution in [1.82, 2.24) is 10.2 Å². The van der Waals surface area contributed by atoms with Gasteiger partial charge in [-0.3, -0.25) is 9.59 Å². The Kier molecular flexibility index (Phi) is 5.60. The number of nitrogens with zero attached hydrogens (tertiary/aromatic N) is 1. The van der Waals surface area contributed by atoms with Gasteiger partial charge in [0.2, 0.25) is 0 Å². The molecule has 0 saturated carbocycles. The number of esters is 1. The molecule has 150 valence electrons. The Hall–Kier alpha value is -3.15. The number of nitrogens with one attached hydrogen (secondary N) is 1. The lowest BCUT2D eigenvalue weighted by Crippen LogP contribution is -2.41. The van der Waals surface area contributed by atoms with Gasteiger partial charge in [-0.15, -0.1) is 0 Å². The summed E-state index contributed by atoms with van der Waals surface area (Å²) in [4.78, 5) is 38.9. The van der Waals surface area contributed by atoms with Gasteiger partial charge in [0.15, 0.2) is 6.10 Å². The first-order valence-corrected chi connectivity index (χ1v) is 10.1. The summed E-state index contributed by atoms with van der Waals surface area (Å²) in [6, 6.07) is 14.5. The smallest absolute Gasteiger partial charge is 0.339 e. The number of likely N-dealkylation sites (tertiary alicyclic amines) is 1. The summed E-state index contributed by atoms with van der Waals surface area (Å²) < 4.78 is 5.28. The van der Waals surface area contributed by atoms with Crippen LogP contribution in [0.1, 0.15) is 51.1 Å². The molecular weight excluding hydrogens is 368 g/mol. The van der Waals surface area contributed by atoms with E-state index in [1.54, 1.807) is 24.3 Å². The number of rotatable bonds is 4. The van der Waals surface area contributed by atoms with Gasteiger partial charge in [-0.25, -0.2) is 4.79 Å². The number of cyclic esters (lactones) is 1. The van der Waals surface area contributed by atoms with Gasteiger partial charge in [0.05, 0.1) is 5.56 Å². The lowest BCUT2D eigenvalue weighted by molar-refractivity contribution is -0.130. The SMILES string of the molecule is O=C1O[C@H](C(=O)NCc2ccc(C(=O)N3CCCCC3)cc2)Cc2ccccc21. The Morgan fingerprint density at radius 3 is 2.48 bits per heavy atom. The molecule has 6 heteroatoms. The largest absolute Gasteiger partial charge is 0.448 e. The monoisotopic (exact) mass is 392 g/mol. The van der Waals surface area contributed by atoms with E-state index in [1.807, 2.05) is 29.2 Å². The van der Waals surface area contributed by atoms with Crippen molar-refractivity contribution < 1.29 is 19.1 Å². The van der Waals surface area contributed by atoms with Gasteiger partial charge in [0, 0.05) is 31.6 Å². The Labute approximate surface area is 169 Å². The maximum atomic E-state index is 12.5. The van der Waals surface area contributed by atoms with E-state index in [1.165, 1.54) is 6.42 Å². The quantitative estimate of drug-likeness (QED) is 0.812. The number of fused-ring (bicyclic) bond motifs is 1. The predicted octanol–water partition coefficient (Wildman–Crippen LogP) is 2.71. The van der Waals surface area contributed by atoms with E-state index >= 15 is 0 Å². The molecule has 2 heterocycles. The van der Waals surface area contributed by atoms with Crippen LogP contribution in [-0.4, -0.2) is 41.9 Å². The second kappa shape index (κ2) is 8.47. The topological polar surface area (TPSA) is 75.7 Å². The molecule has 1 fully saturated rings. The summed E-state index contributed by atoms with van der Waals surface area (Å²) in [6.07, 6.45) is 2.86. The number of piperidine rings is 1. The second-order valence-corrected chi connectivity index (χ2v) is 7.52. The molecule has 2 aromatic rings. The average molecular weight is 392 g/mol. The molecule has 2 aliphatic rings. The molecule has 0 bridgehead atoms. The van der Waals surface area contributed by atoms with E-state index in [9.17, 15) is 14.4 Å². The van der Waals surface area contributed by atoms with Crippen LogP contribution in [0.4, 0.5) is 0 Å². The Morgan fingerprint density at radius 1 is 1.00 bits per heavy atom. The van der Waals surface area contributed by atoms with Crippen molar-refractivity contribution in [2.75, 3.05) is 13.1 Å². The Morgan fingerprint density at radius 2 is 1.72 bits per heavy atom. The average Bonchev–Trinajstić information content (AvgIpc) is 2.78. The van der Waals surface area contributed by atoms with Crippen molar-refractivity contribution >= 4 is 17.8 Å². The molecule has 0 spiro atoms. The molecule has 1 saturated heterocycles. The van der Waals surface area contributed by atoms with Crippen LogP contribution in [0.2, 0.25) is 0 Å². The van der Waals surface area contributed by atoms with Gasteiger partial charge in [0.25, 0.3) is 11.8 Å². The summed E-state index contributed by atoms with van der Waals surface area (Å²) >= 11 is 0. The van der Waals surface area contributed by atoms with Crippen molar-refractivity contribution in [3.8, 4) is 0 Å². The third kappa shape index (κ3) is 4.31. The minimum atomic E-state index is -0.822. The van der Waals surface area contributed by atoms with Gasteiger partial charge in [-0.05, 0) is 48.6 Å². The lowest BCUT2D eigenvalue weighted by atomic mass is 9.98. The normalized spacial score (nSPS) is 18.6. The molecule has 29 heavy (non-hydrogen) atoms. The van der Waals surface area contributed by atoms with E-state index in [2.05, 4.69) is 5.32 Å². The number of carbonyl (C=O) groups excluding carboxylic acids is 3. The molecular formula is C23H24N2O4. The standard InChI is InChI=1S/C23H24N2O4/c26-21(20-14-18-6-2-3-7-19(18)23(28)29-20)24-15-16-8-10-17(11-9-16)22(27)25-12-4-1-5-13-25/h2-3,6-11,20H,1,4-5,12-15H2,(H,24,26)/t20-/m0/s1. The Balaban J connectivity index is 1.33. The fraction of sp³-hybridized carbons (Fsp3) is 0.348. The number of hydrogen-bond acceptors (Lipinski definition) is 4. The number of ether oxygens (including phenoxy) is 1. The van der Waals surface area contributed by atoms with Gasteiger partial charge in [-0.1, -0.05) is 30.3 Å². The van der Waals surface area contributed by atoms with Crippen molar-refractivity contribution in [2.24, 2.45) is 0 Å². The molecule has 1 N–H and O–H groups in total. The van der Waals surface area contributed by atoms with Crippen LogP contribution in [0, 0.1) is 0 Å². The van der Waals surface area contributed by atoms with Crippen LogP contribution in [0.15, 0.2) is 48.5 Å². The van der Waals surface area contributed by atoms with Crippen LogP contribution >= 0.6 is 0 Å². The van der Waals surface area contributed by atoms with E-state index in [-0.39, 0.29) is 11.8 Å². The highest BCUT2D eigenvalue weighted by Crippen LogP contribution is 2.20. The molecule has 2 aromatic carbocycles. The van der Waals surface area contributed by atoms with Crippen LogP contribution in [0.25, 0.3) is 0 Å². The highest BCUT2D eigenvalue weighted by Gasteiger charge is 2.30. The first-order valence-electron chi connectivity index (χ1n) is 10.1. The molecule has 0 aliphatic carbocycles. The Bertz CT molecular complexity index is 917. The molecule has 2 amide bonds. The summed E-state index contributed by atoms with van der Waals surface area (Å²) in [7, 11) is 0. The van der Waals surface area contributed by atoms with Crippen molar-refractivity contribution in [1.29, 1.82) is 0 Å². The third-order valence-electron chi connectivity index (χ3n) is 5.50. The third-order valence-corrected chi connectivity index (χ3v) is 5.50. The van der Waals surface area contributed by atoms with Crippen LogP contribution in [0.5, 0.6) is 0 Å². The molecule has 6 nitrogen and oxygen atoms in total. The van der Waals surface area contributed by atoms with E-state index in [0.717, 1.165) is 37.1 Å². The van der Waals surface area contributed by atoms with Crippen LogP contribution in [0.3, 0.4) is 0 Å². The molecule has 0 unspecified atom stereocenters. The minimum absolute atomic E-state index is 0.0630.